The molecule has 3 heterocycles. The van der Waals surface area contributed by atoms with E-state index in [1.54, 1.807) is 28.2 Å². The van der Waals surface area contributed by atoms with Gasteiger partial charge in [-0.25, -0.2) is 14.6 Å². The maximum absolute atomic E-state index is 12.1. The molecule has 3 aromatic heterocycles. The highest BCUT2D eigenvalue weighted by molar-refractivity contribution is 7.09. The first-order valence-corrected chi connectivity index (χ1v) is 9.21. The Morgan fingerprint density at radius 1 is 1.30 bits per heavy atom. The molecule has 0 aliphatic carbocycles. The highest BCUT2D eigenvalue weighted by Gasteiger charge is 2.10. The number of nitrogens with zero attached hydrogens (tertiary/aromatic N) is 4. The number of anilines is 1. The minimum Gasteiger partial charge on any atom is -0.326 e. The lowest BCUT2D eigenvalue weighted by atomic mass is 10.2. The zero-order valence-electron chi connectivity index (χ0n) is 14.5. The molecule has 4 aromatic rings. The van der Waals surface area contributed by atoms with Crippen LogP contribution in [-0.4, -0.2) is 30.6 Å². The Morgan fingerprint density at radius 3 is 2.85 bits per heavy atom. The zero-order valence-corrected chi connectivity index (χ0v) is 15.3. The quantitative estimate of drug-likeness (QED) is 0.553. The summed E-state index contributed by atoms with van der Waals surface area (Å²) in [6.45, 7) is 1.94. The van der Waals surface area contributed by atoms with Gasteiger partial charge in [0.05, 0.1) is 23.2 Å². The van der Waals surface area contributed by atoms with Gasteiger partial charge in [-0.15, -0.1) is 11.3 Å². The van der Waals surface area contributed by atoms with Gasteiger partial charge in [0.15, 0.2) is 5.65 Å². The molecule has 0 aliphatic heterocycles. The molecule has 0 spiro atoms. The molecular weight excluding hydrogens is 364 g/mol. The number of carbonyl (C=O) groups is 1. The number of benzene rings is 1. The maximum atomic E-state index is 12.1. The maximum Gasteiger partial charge on any atom is 0.261 e. The van der Waals surface area contributed by atoms with Crippen LogP contribution >= 0.6 is 11.3 Å². The van der Waals surface area contributed by atoms with Crippen molar-refractivity contribution in [3.05, 3.63) is 63.2 Å². The van der Waals surface area contributed by atoms with Gasteiger partial charge in [0.1, 0.15) is 5.39 Å². The summed E-state index contributed by atoms with van der Waals surface area (Å²) < 4.78 is 1.58. The van der Waals surface area contributed by atoms with Crippen LogP contribution in [0.25, 0.3) is 16.7 Å². The summed E-state index contributed by atoms with van der Waals surface area (Å²) in [6.07, 6.45) is 3.84. The van der Waals surface area contributed by atoms with Gasteiger partial charge < -0.3 is 10.3 Å². The van der Waals surface area contributed by atoms with Crippen molar-refractivity contribution >= 4 is 34.0 Å². The average Bonchev–Trinajstić information content (AvgIpc) is 3.28. The number of carbonyl (C=O) groups excluding carboxylic acids is 1. The third kappa shape index (κ3) is 3.63. The molecule has 0 saturated carbocycles. The fourth-order valence-electron chi connectivity index (χ4n) is 2.69. The third-order valence-corrected chi connectivity index (χ3v) is 5.03. The predicted molar refractivity (Wildman–Crippen MR) is 103 cm³/mol. The highest BCUT2D eigenvalue weighted by atomic mass is 32.1. The number of fused-ring (bicyclic) bond motifs is 1. The summed E-state index contributed by atoms with van der Waals surface area (Å²) >= 11 is 1.57. The third-order valence-electron chi connectivity index (χ3n) is 4.00. The molecule has 8 nitrogen and oxygen atoms in total. The summed E-state index contributed by atoms with van der Waals surface area (Å²) in [5.41, 5.74) is 2.68. The number of H-pyrrole nitrogens is 1. The second-order valence-electron chi connectivity index (χ2n) is 6.00. The predicted octanol–water partition coefficient (Wildman–Crippen LogP) is 2.45. The molecule has 9 heteroatoms. The molecule has 27 heavy (non-hydrogen) atoms. The van der Waals surface area contributed by atoms with E-state index in [0.29, 0.717) is 29.6 Å². The number of hydrogen-bond donors (Lipinski definition) is 2. The number of aryl methyl sites for hydroxylation is 2. The molecule has 0 atom stereocenters. The first-order chi connectivity index (χ1) is 13.1. The fraction of sp³-hybridized carbons (Fsp3) is 0.167. The van der Waals surface area contributed by atoms with Crippen LogP contribution in [0.2, 0.25) is 0 Å². The van der Waals surface area contributed by atoms with E-state index < -0.39 is 0 Å². The lowest BCUT2D eigenvalue weighted by Gasteiger charge is -2.07. The number of nitrogens with one attached hydrogen (secondary N) is 2. The van der Waals surface area contributed by atoms with Gasteiger partial charge in [-0.05, 0) is 31.2 Å². The molecule has 0 radical (unpaired) electrons. The van der Waals surface area contributed by atoms with Gasteiger partial charge in [0, 0.05) is 29.6 Å². The first kappa shape index (κ1) is 17.1. The van der Waals surface area contributed by atoms with Crippen molar-refractivity contribution in [2.75, 3.05) is 5.32 Å². The monoisotopic (exact) mass is 380 g/mol. The number of aromatic nitrogens is 5. The zero-order chi connectivity index (χ0) is 18.8. The molecule has 1 aromatic carbocycles. The average molecular weight is 380 g/mol. The normalized spacial score (nSPS) is 11.0. The van der Waals surface area contributed by atoms with E-state index in [2.05, 4.69) is 25.4 Å². The fourth-order valence-corrected chi connectivity index (χ4v) is 3.47. The van der Waals surface area contributed by atoms with Crippen molar-refractivity contribution in [3.8, 4) is 5.69 Å². The standard InChI is InChI=1S/C18H16N6O2S/c1-11-9-27-16(22-11)7-6-15(25)23-12-2-4-13(5-3-12)24-17-14(8-21-24)18(26)20-10-19-17/h2-5,8-10H,6-7H2,1H3,(H,23,25)(H,19,20,26). The number of thiazole rings is 1. The van der Waals surface area contributed by atoms with Gasteiger partial charge in [-0.2, -0.15) is 5.10 Å². The summed E-state index contributed by atoms with van der Waals surface area (Å²) in [5.74, 6) is -0.0617. The van der Waals surface area contributed by atoms with Crippen molar-refractivity contribution < 1.29 is 4.79 Å². The molecule has 2 N–H and O–H groups in total. The number of rotatable bonds is 5. The molecule has 4 rings (SSSR count). The van der Waals surface area contributed by atoms with E-state index in [1.165, 1.54) is 12.5 Å². The number of hydrogen-bond acceptors (Lipinski definition) is 6. The van der Waals surface area contributed by atoms with Gasteiger partial charge in [0.25, 0.3) is 5.56 Å². The van der Waals surface area contributed by atoms with Crippen LogP contribution in [0.4, 0.5) is 5.69 Å². The topological polar surface area (TPSA) is 106 Å². The minimum atomic E-state index is -0.231. The van der Waals surface area contributed by atoms with E-state index in [0.717, 1.165) is 16.4 Å². The minimum absolute atomic E-state index is 0.0617. The van der Waals surface area contributed by atoms with Crippen LogP contribution in [0.3, 0.4) is 0 Å². The van der Waals surface area contributed by atoms with E-state index in [9.17, 15) is 9.59 Å². The van der Waals surface area contributed by atoms with Crippen LogP contribution in [0.15, 0.2) is 47.0 Å². The molecule has 0 aliphatic rings. The molecule has 136 valence electrons. The lowest BCUT2D eigenvalue weighted by Crippen LogP contribution is -2.12. The molecule has 1 amide bonds. The van der Waals surface area contributed by atoms with E-state index in [1.807, 2.05) is 24.4 Å². The Bertz CT molecular complexity index is 1160. The summed E-state index contributed by atoms with van der Waals surface area (Å²) in [6, 6.07) is 7.22. The summed E-state index contributed by atoms with van der Waals surface area (Å²) in [4.78, 5) is 34.9. The van der Waals surface area contributed by atoms with E-state index >= 15 is 0 Å². The Hall–Kier alpha value is -3.33. The summed E-state index contributed by atoms with van der Waals surface area (Å²) in [7, 11) is 0. The van der Waals surface area contributed by atoms with Crippen LogP contribution in [0.1, 0.15) is 17.1 Å². The smallest absolute Gasteiger partial charge is 0.261 e. The molecule has 0 fully saturated rings. The molecule has 0 bridgehead atoms. The second-order valence-corrected chi connectivity index (χ2v) is 6.95. The number of aromatic amines is 1. The largest absolute Gasteiger partial charge is 0.326 e. The van der Waals surface area contributed by atoms with E-state index in [4.69, 9.17) is 0 Å². The van der Waals surface area contributed by atoms with Crippen molar-refractivity contribution in [2.45, 2.75) is 19.8 Å². The SMILES string of the molecule is Cc1csc(CCC(=O)Nc2ccc(-n3ncc4c(=O)[nH]cnc43)cc2)n1. The summed E-state index contributed by atoms with van der Waals surface area (Å²) in [5, 5.41) is 10.5. The van der Waals surface area contributed by atoms with Crippen molar-refractivity contribution in [2.24, 2.45) is 0 Å². The molecule has 0 saturated heterocycles. The lowest BCUT2D eigenvalue weighted by molar-refractivity contribution is -0.116. The van der Waals surface area contributed by atoms with Crippen molar-refractivity contribution in [1.82, 2.24) is 24.7 Å². The first-order valence-electron chi connectivity index (χ1n) is 8.33. The Kier molecular flexibility index (Phi) is 4.51. The van der Waals surface area contributed by atoms with Gasteiger partial charge in [0.2, 0.25) is 5.91 Å². The van der Waals surface area contributed by atoms with Crippen LogP contribution in [0.5, 0.6) is 0 Å². The molecule has 0 unspecified atom stereocenters. The van der Waals surface area contributed by atoms with Gasteiger partial charge in [-0.3, -0.25) is 9.59 Å². The highest BCUT2D eigenvalue weighted by Crippen LogP contribution is 2.17. The molecular formula is C18H16N6O2S. The van der Waals surface area contributed by atoms with Crippen LogP contribution < -0.4 is 10.9 Å². The number of amides is 1. The van der Waals surface area contributed by atoms with Crippen molar-refractivity contribution in [3.63, 3.8) is 0 Å². The van der Waals surface area contributed by atoms with Gasteiger partial charge >= 0.3 is 0 Å². The Balaban J connectivity index is 1.44. The second kappa shape index (κ2) is 7.12. The van der Waals surface area contributed by atoms with Crippen LogP contribution in [-0.2, 0) is 11.2 Å². The van der Waals surface area contributed by atoms with E-state index in [-0.39, 0.29) is 11.5 Å². The van der Waals surface area contributed by atoms with Crippen molar-refractivity contribution in [1.29, 1.82) is 0 Å². The Morgan fingerprint density at radius 2 is 2.11 bits per heavy atom. The van der Waals surface area contributed by atoms with Crippen LogP contribution in [0, 0.1) is 6.92 Å². The Labute approximate surface area is 157 Å². The van der Waals surface area contributed by atoms with Gasteiger partial charge in [-0.1, -0.05) is 0 Å².